The molecule has 3 rings (SSSR count). The molecule has 5 heteroatoms. The maximum absolute atomic E-state index is 2.75. The van der Waals surface area contributed by atoms with Crippen molar-refractivity contribution in [2.75, 3.05) is 19.6 Å². The average Bonchev–Trinajstić information content (AvgIpc) is 3.31. The number of likely N-dealkylation sites (tertiary alicyclic amines) is 3. The van der Waals surface area contributed by atoms with Gasteiger partial charge in [-0.2, -0.15) is 0 Å². The predicted molar refractivity (Wildman–Crippen MR) is 185 cm³/mol. The number of nitrogens with zero attached hydrogens (tertiary/aromatic N) is 3. The first-order chi connectivity index (χ1) is 17.3. The first kappa shape index (κ1) is 37.3. The van der Waals surface area contributed by atoms with Crippen molar-refractivity contribution in [3.05, 3.63) is 0 Å². The van der Waals surface area contributed by atoms with Gasteiger partial charge in [-0.15, -0.1) is 0 Å². The highest BCUT2D eigenvalue weighted by atomic mass is 28.3. The Morgan fingerprint density at radius 1 is 0.538 bits per heavy atom. The Hall–Kier alpha value is 0.314. The molecule has 3 fully saturated rings. The summed E-state index contributed by atoms with van der Waals surface area (Å²) >= 11 is 0. The quantitative estimate of drug-likeness (QED) is 0.299. The van der Waals surface area contributed by atoms with Gasteiger partial charge in [-0.3, -0.25) is 14.7 Å². The topological polar surface area (TPSA) is 9.72 Å². The minimum absolute atomic E-state index is 0.430. The maximum atomic E-state index is 2.75. The maximum Gasteiger partial charge on any atom is 0.0674 e. The lowest BCUT2D eigenvalue weighted by Gasteiger charge is -2.46. The van der Waals surface area contributed by atoms with Gasteiger partial charge in [0.05, 0.1) is 8.07 Å². The van der Waals surface area contributed by atoms with E-state index in [-0.39, 0.29) is 0 Å². The van der Waals surface area contributed by atoms with Crippen LogP contribution in [0.4, 0.5) is 0 Å². The third-order valence-corrected chi connectivity index (χ3v) is 17.2. The van der Waals surface area contributed by atoms with Gasteiger partial charge in [0, 0.05) is 55.5 Å². The van der Waals surface area contributed by atoms with Gasteiger partial charge >= 0.3 is 0 Å². The van der Waals surface area contributed by atoms with Crippen molar-refractivity contribution >= 4 is 16.1 Å². The highest BCUT2D eigenvalue weighted by molar-refractivity contribution is 6.79. The van der Waals surface area contributed by atoms with Crippen molar-refractivity contribution in [1.82, 2.24) is 14.7 Å². The van der Waals surface area contributed by atoms with E-state index in [9.17, 15) is 0 Å². The normalized spacial score (nSPS) is 32.0. The summed E-state index contributed by atoms with van der Waals surface area (Å²) in [5.74, 6) is 1.77. The van der Waals surface area contributed by atoms with Crippen molar-refractivity contribution < 1.29 is 0 Å². The Labute approximate surface area is 250 Å². The molecule has 0 aromatic rings. The summed E-state index contributed by atoms with van der Waals surface area (Å²) in [4.78, 5) is 8.05. The summed E-state index contributed by atoms with van der Waals surface area (Å²) in [6, 6.07) is 2.11. The number of hydrogen-bond acceptors (Lipinski definition) is 3. The molecular formula is C34H75N3Si2. The molecule has 3 saturated heterocycles. The standard InChI is InChI=1S/2C12H27NSi.C10H21N/c1-10(2)13-9-11(14(5,6)7)8-12(13,3)4;1-10(2)13-9-11(3)8-12(13,4)14(5,6)7;1-8(2)11-7-9(3)6-10(11,4)5/h2*10-11H,8-9H2,1-7H3;8-9H,6-7H2,1-5H3/t;11-,12?;9-/m.00/s1. The van der Waals surface area contributed by atoms with Crippen LogP contribution < -0.4 is 0 Å². The van der Waals surface area contributed by atoms with E-state index in [0.29, 0.717) is 34.4 Å². The molecule has 3 heterocycles. The summed E-state index contributed by atoms with van der Waals surface area (Å²) < 4.78 is 0. The second kappa shape index (κ2) is 13.3. The van der Waals surface area contributed by atoms with Gasteiger partial charge in [0.25, 0.3) is 0 Å². The van der Waals surface area contributed by atoms with Crippen molar-refractivity contribution in [3.63, 3.8) is 0 Å². The zero-order chi connectivity index (χ0) is 30.9. The molecule has 4 atom stereocenters. The third-order valence-electron chi connectivity index (χ3n) is 10.7. The van der Waals surface area contributed by atoms with Crippen LogP contribution in [0.1, 0.15) is 109 Å². The van der Waals surface area contributed by atoms with Crippen LogP contribution in [-0.4, -0.2) is 84.8 Å². The van der Waals surface area contributed by atoms with Crippen molar-refractivity contribution in [1.29, 1.82) is 0 Å². The molecule has 3 aliphatic rings. The Morgan fingerprint density at radius 2 is 0.897 bits per heavy atom. The van der Waals surface area contributed by atoms with Crippen LogP contribution in [-0.2, 0) is 0 Å². The number of hydrogen-bond donors (Lipinski definition) is 0. The van der Waals surface area contributed by atoms with Crippen LogP contribution in [0.3, 0.4) is 0 Å². The Bertz CT molecular complexity index is 743. The van der Waals surface area contributed by atoms with Crippen molar-refractivity contribution in [2.45, 2.75) is 188 Å². The minimum Gasteiger partial charge on any atom is -0.298 e. The van der Waals surface area contributed by atoms with E-state index in [2.05, 4.69) is 144 Å². The van der Waals surface area contributed by atoms with E-state index < -0.39 is 16.1 Å². The SMILES string of the molecule is CC(C)N1CC([Si](C)(C)C)CC1(C)C.CC(C)N1C[C@@H](C)CC1(C)C.CC(C)N1C[C@@H](C)CC1(C)[Si](C)(C)C. The monoisotopic (exact) mass is 582 g/mol. The molecule has 0 spiro atoms. The van der Waals surface area contributed by atoms with Crippen LogP contribution in [0, 0.1) is 11.8 Å². The Kier molecular flexibility index (Phi) is 12.7. The van der Waals surface area contributed by atoms with Gasteiger partial charge in [-0.1, -0.05) is 53.1 Å². The summed E-state index contributed by atoms with van der Waals surface area (Å²) in [5.41, 5.74) is 1.85. The summed E-state index contributed by atoms with van der Waals surface area (Å²) in [6.45, 7) is 49.7. The Morgan fingerprint density at radius 3 is 1.13 bits per heavy atom. The largest absolute Gasteiger partial charge is 0.298 e. The molecule has 0 saturated carbocycles. The average molecular weight is 582 g/mol. The van der Waals surface area contributed by atoms with Crippen LogP contribution in [0.15, 0.2) is 0 Å². The van der Waals surface area contributed by atoms with Crippen LogP contribution in [0.2, 0.25) is 44.8 Å². The first-order valence-corrected chi connectivity index (χ1v) is 23.6. The molecule has 3 nitrogen and oxygen atoms in total. The van der Waals surface area contributed by atoms with Crippen LogP contribution in [0.5, 0.6) is 0 Å². The van der Waals surface area contributed by atoms with E-state index in [4.69, 9.17) is 0 Å². The molecule has 234 valence electrons. The molecule has 0 radical (unpaired) electrons. The van der Waals surface area contributed by atoms with E-state index in [1.807, 2.05) is 0 Å². The minimum atomic E-state index is -1.09. The summed E-state index contributed by atoms with van der Waals surface area (Å²) in [7, 11) is -2.03. The van der Waals surface area contributed by atoms with Gasteiger partial charge in [0.15, 0.2) is 0 Å². The highest BCUT2D eigenvalue weighted by Gasteiger charge is 2.49. The molecule has 39 heavy (non-hydrogen) atoms. The van der Waals surface area contributed by atoms with Crippen LogP contribution >= 0.6 is 0 Å². The molecule has 0 aromatic heterocycles. The van der Waals surface area contributed by atoms with Crippen molar-refractivity contribution in [3.8, 4) is 0 Å². The number of rotatable bonds is 5. The highest BCUT2D eigenvalue weighted by Crippen LogP contribution is 2.43. The molecule has 0 N–H and O–H groups in total. The summed E-state index contributed by atoms with van der Waals surface area (Å²) in [6.07, 6.45) is 4.16. The van der Waals surface area contributed by atoms with Crippen molar-refractivity contribution in [2.24, 2.45) is 11.8 Å². The zero-order valence-corrected chi connectivity index (χ0v) is 32.5. The molecule has 0 amide bonds. The smallest absolute Gasteiger partial charge is 0.0674 e. The predicted octanol–water partition coefficient (Wildman–Crippen LogP) is 9.48. The fraction of sp³-hybridized carbons (Fsp3) is 1.00. The van der Waals surface area contributed by atoms with Crippen LogP contribution in [0.25, 0.3) is 0 Å². The first-order valence-electron chi connectivity index (χ1n) is 16.6. The molecule has 0 aromatic carbocycles. The van der Waals surface area contributed by atoms with Gasteiger partial charge in [-0.05, 0) is 119 Å². The fourth-order valence-electron chi connectivity index (χ4n) is 8.20. The lowest BCUT2D eigenvalue weighted by Crippen LogP contribution is -2.60. The molecule has 3 aliphatic heterocycles. The molecule has 2 unspecified atom stereocenters. The van der Waals surface area contributed by atoms with Gasteiger partial charge in [-0.25, -0.2) is 0 Å². The fourth-order valence-corrected chi connectivity index (χ4v) is 12.2. The summed E-state index contributed by atoms with van der Waals surface area (Å²) in [5, 5.41) is 0.514. The van der Waals surface area contributed by atoms with Gasteiger partial charge < -0.3 is 0 Å². The lowest BCUT2D eigenvalue weighted by molar-refractivity contribution is 0.134. The second-order valence-corrected chi connectivity index (χ2v) is 29.4. The van der Waals surface area contributed by atoms with E-state index >= 15 is 0 Å². The molecule has 0 bridgehead atoms. The van der Waals surface area contributed by atoms with E-state index in [0.717, 1.165) is 17.4 Å². The second-order valence-electron chi connectivity index (χ2n) is 18.3. The van der Waals surface area contributed by atoms with Gasteiger partial charge in [0.2, 0.25) is 0 Å². The van der Waals surface area contributed by atoms with E-state index in [1.165, 1.54) is 38.9 Å². The lowest BCUT2D eigenvalue weighted by atomic mass is 9.97. The zero-order valence-electron chi connectivity index (χ0n) is 30.5. The third kappa shape index (κ3) is 9.66. The van der Waals surface area contributed by atoms with Gasteiger partial charge in [0.1, 0.15) is 0 Å². The van der Waals surface area contributed by atoms with E-state index in [1.54, 1.807) is 0 Å². The Balaban J connectivity index is 0.000000295. The molecule has 0 aliphatic carbocycles. The molecular weight excluding hydrogens is 507 g/mol.